The van der Waals surface area contributed by atoms with Gasteiger partial charge in [0.15, 0.2) is 0 Å². The van der Waals surface area contributed by atoms with Crippen LogP contribution in [0.1, 0.15) is 43.2 Å². The van der Waals surface area contributed by atoms with Crippen molar-refractivity contribution in [3.8, 4) is 0 Å². The number of carbonyl (C=O) groups excluding carboxylic acids is 1. The maximum Gasteiger partial charge on any atom is 0.340 e. The smallest absolute Gasteiger partial charge is 0.340 e. The first-order valence-electron chi connectivity index (χ1n) is 5.88. The highest BCUT2D eigenvalue weighted by Crippen LogP contribution is 2.25. The molecule has 0 aromatic carbocycles. The van der Waals surface area contributed by atoms with E-state index in [0.29, 0.717) is 5.69 Å². The molecule has 0 saturated heterocycles. The molecule has 4 N–H and O–H groups in total. The summed E-state index contributed by atoms with van der Waals surface area (Å²) in [7, 11) is 0. The number of hydrogen-bond donors (Lipinski definition) is 3. The number of carbonyl (C=O) groups is 2. The predicted molar refractivity (Wildman–Crippen MR) is 74.5 cm³/mol. The van der Waals surface area contributed by atoms with Gasteiger partial charge in [0.2, 0.25) is 5.91 Å². The maximum atomic E-state index is 11.8. The highest BCUT2D eigenvalue weighted by atomic mass is 32.1. The molecule has 6 nitrogen and oxygen atoms in total. The molecular formula is C12H19N3O3S. The summed E-state index contributed by atoms with van der Waals surface area (Å²) < 4.78 is 3.93. The first-order chi connectivity index (χ1) is 8.62. The Hall–Kier alpha value is -1.47. The van der Waals surface area contributed by atoms with Crippen LogP contribution < -0.4 is 11.1 Å². The minimum absolute atomic E-state index is 0.0441. The molecule has 1 rings (SSSR count). The van der Waals surface area contributed by atoms with E-state index in [4.69, 9.17) is 10.8 Å². The lowest BCUT2D eigenvalue weighted by molar-refractivity contribution is -0.117. The van der Waals surface area contributed by atoms with Gasteiger partial charge in [-0.2, -0.15) is 4.37 Å². The number of nitrogens with zero attached hydrogens (tertiary/aromatic N) is 1. The summed E-state index contributed by atoms with van der Waals surface area (Å²) in [5, 5.41) is 11.9. The van der Waals surface area contributed by atoms with Crippen LogP contribution in [0.25, 0.3) is 0 Å². The van der Waals surface area contributed by atoms with Crippen LogP contribution in [0.5, 0.6) is 0 Å². The van der Waals surface area contributed by atoms with Crippen molar-refractivity contribution in [3.05, 3.63) is 11.3 Å². The number of aromatic nitrogens is 1. The Labute approximate surface area is 116 Å². The number of nitrogens with two attached hydrogens (primary N) is 1. The summed E-state index contributed by atoms with van der Waals surface area (Å²) in [5.74, 6) is -1.39. The average Bonchev–Trinajstić information content (AvgIpc) is 2.57. The van der Waals surface area contributed by atoms with E-state index in [1.165, 1.54) is 0 Å². The van der Waals surface area contributed by atoms with Gasteiger partial charge < -0.3 is 16.2 Å². The minimum Gasteiger partial charge on any atom is -0.478 e. The molecule has 0 saturated carbocycles. The van der Waals surface area contributed by atoms with Crippen LogP contribution in [0.15, 0.2) is 0 Å². The second kappa shape index (κ2) is 5.66. The van der Waals surface area contributed by atoms with E-state index in [1.54, 1.807) is 6.92 Å². The monoisotopic (exact) mass is 285 g/mol. The quantitative estimate of drug-likeness (QED) is 0.783. The van der Waals surface area contributed by atoms with Crippen LogP contribution in [0.2, 0.25) is 0 Å². The van der Waals surface area contributed by atoms with E-state index in [-0.39, 0.29) is 34.3 Å². The molecule has 1 heterocycles. The fourth-order valence-corrected chi connectivity index (χ4v) is 2.20. The molecule has 1 unspecified atom stereocenters. The van der Waals surface area contributed by atoms with E-state index >= 15 is 0 Å². The molecule has 1 amide bonds. The van der Waals surface area contributed by atoms with E-state index < -0.39 is 5.97 Å². The summed E-state index contributed by atoms with van der Waals surface area (Å²) in [6.45, 7) is 7.44. The highest BCUT2D eigenvalue weighted by Gasteiger charge is 2.25. The van der Waals surface area contributed by atoms with Crippen LogP contribution in [0.4, 0.5) is 5.00 Å². The Morgan fingerprint density at radius 3 is 2.53 bits per heavy atom. The fraction of sp³-hybridized carbons (Fsp3) is 0.583. The first-order valence-corrected chi connectivity index (χ1v) is 6.65. The van der Waals surface area contributed by atoms with Gasteiger partial charge in [0.25, 0.3) is 0 Å². The van der Waals surface area contributed by atoms with Crippen molar-refractivity contribution in [1.82, 2.24) is 4.37 Å². The van der Waals surface area contributed by atoms with E-state index in [2.05, 4.69) is 9.69 Å². The van der Waals surface area contributed by atoms with Crippen molar-refractivity contribution < 1.29 is 14.7 Å². The van der Waals surface area contributed by atoms with Gasteiger partial charge in [0.05, 0.1) is 5.69 Å². The summed E-state index contributed by atoms with van der Waals surface area (Å²) in [6.07, 6.45) is 0.138. The molecule has 0 aliphatic rings. The normalized spacial score (nSPS) is 13.1. The molecule has 0 bridgehead atoms. The molecule has 0 aliphatic heterocycles. The lowest BCUT2D eigenvalue weighted by Crippen LogP contribution is -2.38. The molecule has 1 atom stereocenters. The number of rotatable bonds is 4. The number of anilines is 1. The molecule has 0 aliphatic carbocycles. The molecule has 106 valence electrons. The largest absolute Gasteiger partial charge is 0.478 e. The van der Waals surface area contributed by atoms with Crippen molar-refractivity contribution in [1.29, 1.82) is 0 Å². The lowest BCUT2D eigenvalue weighted by atomic mass is 9.85. The van der Waals surface area contributed by atoms with Gasteiger partial charge in [-0.25, -0.2) is 4.79 Å². The standard InChI is InChI=1S/C12H19N3O3S/c1-6-9(11(17)18)10(19-15-6)14-8(16)5-7(13)12(2,3)4/h7H,5,13H2,1-4H3,(H,14,16)(H,17,18). The predicted octanol–water partition coefficient (Wildman–Crippen LogP) is 1.85. The van der Waals surface area contributed by atoms with Crippen molar-refractivity contribution in [2.24, 2.45) is 11.1 Å². The molecule has 0 spiro atoms. The number of aromatic carboxylic acids is 1. The minimum atomic E-state index is -1.10. The van der Waals surface area contributed by atoms with Crippen molar-refractivity contribution in [3.63, 3.8) is 0 Å². The summed E-state index contributed by atoms with van der Waals surface area (Å²) >= 11 is 0.964. The second-order valence-electron chi connectivity index (χ2n) is 5.50. The highest BCUT2D eigenvalue weighted by molar-refractivity contribution is 7.11. The van der Waals surface area contributed by atoms with Gasteiger partial charge in [0, 0.05) is 12.5 Å². The van der Waals surface area contributed by atoms with Gasteiger partial charge in [-0.05, 0) is 23.9 Å². The zero-order valence-corrected chi connectivity index (χ0v) is 12.3. The Morgan fingerprint density at radius 1 is 1.47 bits per heavy atom. The van der Waals surface area contributed by atoms with Gasteiger partial charge in [-0.3, -0.25) is 4.79 Å². The number of aryl methyl sites for hydroxylation is 1. The zero-order valence-electron chi connectivity index (χ0n) is 11.5. The summed E-state index contributed by atoms with van der Waals surface area (Å²) in [4.78, 5) is 22.9. The third kappa shape index (κ3) is 4.00. The number of carboxylic acids is 1. The molecule has 1 aromatic rings. The van der Waals surface area contributed by atoms with Gasteiger partial charge in [-0.15, -0.1) is 0 Å². The Kier molecular flexibility index (Phi) is 4.65. The fourth-order valence-electron chi connectivity index (χ4n) is 1.39. The Bertz CT molecular complexity index is 491. The van der Waals surface area contributed by atoms with Crippen LogP contribution in [-0.2, 0) is 4.79 Å². The Morgan fingerprint density at radius 2 is 2.05 bits per heavy atom. The molecule has 0 radical (unpaired) electrons. The van der Waals surface area contributed by atoms with Crippen molar-refractivity contribution in [2.45, 2.75) is 40.2 Å². The number of amides is 1. The SMILES string of the molecule is Cc1nsc(NC(=O)CC(N)C(C)(C)C)c1C(=O)O. The molecule has 7 heteroatoms. The Balaban J connectivity index is 2.76. The van der Waals surface area contributed by atoms with Gasteiger partial charge >= 0.3 is 5.97 Å². The van der Waals surface area contributed by atoms with E-state index in [1.807, 2.05) is 20.8 Å². The van der Waals surface area contributed by atoms with Crippen LogP contribution in [-0.4, -0.2) is 27.4 Å². The number of nitrogens with one attached hydrogen (secondary N) is 1. The molecule has 19 heavy (non-hydrogen) atoms. The van der Waals surface area contributed by atoms with Crippen molar-refractivity contribution in [2.75, 3.05) is 5.32 Å². The molecule has 0 fully saturated rings. The molecule has 1 aromatic heterocycles. The van der Waals surface area contributed by atoms with E-state index in [9.17, 15) is 9.59 Å². The number of carboxylic acid groups (broad SMARTS) is 1. The summed E-state index contributed by atoms with van der Waals surface area (Å²) in [6, 6.07) is -0.296. The maximum absolute atomic E-state index is 11.8. The van der Waals surface area contributed by atoms with Gasteiger partial charge in [-0.1, -0.05) is 20.8 Å². The third-order valence-corrected chi connectivity index (χ3v) is 3.70. The molecular weight excluding hydrogens is 266 g/mol. The van der Waals surface area contributed by atoms with Crippen LogP contribution in [0, 0.1) is 12.3 Å². The topological polar surface area (TPSA) is 105 Å². The zero-order chi connectivity index (χ0) is 14.8. The number of hydrogen-bond acceptors (Lipinski definition) is 5. The average molecular weight is 285 g/mol. The van der Waals surface area contributed by atoms with Crippen molar-refractivity contribution >= 4 is 28.4 Å². The summed E-state index contributed by atoms with van der Waals surface area (Å²) in [5.41, 5.74) is 6.18. The lowest BCUT2D eigenvalue weighted by Gasteiger charge is -2.26. The third-order valence-electron chi connectivity index (χ3n) is 2.85. The van der Waals surface area contributed by atoms with E-state index in [0.717, 1.165) is 11.5 Å². The van der Waals surface area contributed by atoms with Crippen LogP contribution >= 0.6 is 11.5 Å². The second-order valence-corrected chi connectivity index (χ2v) is 6.28. The first kappa shape index (κ1) is 15.6. The van der Waals surface area contributed by atoms with Crippen LogP contribution in [0.3, 0.4) is 0 Å². The van der Waals surface area contributed by atoms with Gasteiger partial charge in [0.1, 0.15) is 10.6 Å².